The Morgan fingerprint density at radius 2 is 1.35 bits per heavy atom. The van der Waals surface area contributed by atoms with Crippen molar-refractivity contribution >= 4 is 11.8 Å². The first-order valence-electron chi connectivity index (χ1n) is 24.4. The van der Waals surface area contributed by atoms with Crippen LogP contribution in [0.3, 0.4) is 0 Å². The van der Waals surface area contributed by atoms with Crippen molar-refractivity contribution in [3.05, 3.63) is 71.3 Å². The lowest BCUT2D eigenvalue weighted by Gasteiger charge is -2.70. The topological polar surface area (TPSA) is 126 Å². The zero-order chi connectivity index (χ0) is 41.4. The van der Waals surface area contributed by atoms with Crippen molar-refractivity contribution < 1.29 is 19.4 Å². The molecule has 1 heterocycles. The largest absolute Gasteiger partial charge is 0.390 e. The number of carbonyl (C=O) groups excluding carboxylic acids is 2. The van der Waals surface area contributed by atoms with Crippen molar-refractivity contribution in [1.82, 2.24) is 16.0 Å². The number of hydrogen-bond donors (Lipinski definition) is 5. The lowest BCUT2D eigenvalue weighted by Crippen LogP contribution is -2.68. The van der Waals surface area contributed by atoms with Crippen LogP contribution in [0.4, 0.5) is 0 Å². The maximum Gasteiger partial charge on any atom is 0.226 e. The fourth-order valence-corrected chi connectivity index (χ4v) is 17.4. The Hall–Kier alpha value is -2.78. The third kappa shape index (κ3) is 6.83. The van der Waals surface area contributed by atoms with Gasteiger partial charge in [-0.25, -0.2) is 0 Å². The minimum absolute atomic E-state index is 0.0237. The van der Waals surface area contributed by atoms with E-state index in [0.717, 1.165) is 109 Å². The molecule has 0 aromatic heterocycles. The van der Waals surface area contributed by atoms with E-state index < -0.39 is 11.5 Å². The molecule has 60 heavy (non-hydrogen) atoms. The maximum atomic E-state index is 15.2. The van der Waals surface area contributed by atoms with E-state index in [9.17, 15) is 9.90 Å². The van der Waals surface area contributed by atoms with E-state index in [1.54, 1.807) is 0 Å². The van der Waals surface area contributed by atoms with Crippen LogP contribution in [0.15, 0.2) is 54.6 Å². The molecule has 6 N–H and O–H groups in total. The Morgan fingerprint density at radius 3 is 2.02 bits per heavy atom. The van der Waals surface area contributed by atoms with Crippen LogP contribution < -0.4 is 21.7 Å². The third-order valence-corrected chi connectivity index (χ3v) is 18.5. The summed E-state index contributed by atoms with van der Waals surface area (Å²) in [5.74, 6) is 1.61. The Balaban J connectivity index is 1.00. The molecular weight excluding hydrogens is 745 g/mol. The number of piperidine rings is 1. The Morgan fingerprint density at radius 1 is 0.717 bits per heavy atom. The van der Waals surface area contributed by atoms with Gasteiger partial charge in [0.05, 0.1) is 29.6 Å². The molecule has 10 fully saturated rings. The number of carbonyl (C=O) groups is 2. The zero-order valence-electron chi connectivity index (χ0n) is 36.8. The van der Waals surface area contributed by atoms with Crippen LogP contribution in [-0.4, -0.2) is 68.0 Å². The third-order valence-electron chi connectivity index (χ3n) is 18.5. The first-order chi connectivity index (χ1) is 28.9. The van der Waals surface area contributed by atoms with Gasteiger partial charge in [0.2, 0.25) is 11.8 Å². The fraction of sp³-hybridized carbons (Fsp3) is 0.731. The molecule has 1 aliphatic heterocycles. The van der Waals surface area contributed by atoms with Crippen LogP contribution in [0.5, 0.6) is 0 Å². The number of aliphatic hydroxyl groups is 1. The Labute approximate surface area is 359 Å². The molecule has 2 amide bonds. The first kappa shape index (κ1) is 41.2. The van der Waals surface area contributed by atoms with Crippen molar-refractivity contribution in [2.75, 3.05) is 32.8 Å². The molecule has 326 valence electrons. The van der Waals surface area contributed by atoms with Crippen molar-refractivity contribution in [3.8, 4) is 0 Å². The smallest absolute Gasteiger partial charge is 0.226 e. The second kappa shape index (κ2) is 15.2. The van der Waals surface area contributed by atoms with Gasteiger partial charge in [0, 0.05) is 19.2 Å². The highest BCUT2D eigenvalue weighted by Gasteiger charge is 2.71. The Kier molecular flexibility index (Phi) is 10.4. The van der Waals surface area contributed by atoms with Crippen LogP contribution in [0.25, 0.3) is 0 Å². The van der Waals surface area contributed by atoms with E-state index in [2.05, 4.69) is 84.4 Å². The van der Waals surface area contributed by atoms with E-state index >= 15 is 4.79 Å². The molecule has 2 aromatic rings. The lowest BCUT2D eigenvalue weighted by molar-refractivity contribution is -0.180. The average Bonchev–Trinajstić information content (AvgIpc) is 3.23. The summed E-state index contributed by atoms with van der Waals surface area (Å²) < 4.78 is 6.45. The molecule has 9 saturated carbocycles. The lowest BCUT2D eigenvalue weighted by atomic mass is 9.33. The molecule has 4 unspecified atom stereocenters. The molecule has 10 aliphatic rings. The summed E-state index contributed by atoms with van der Waals surface area (Å²) in [5.41, 5.74) is 9.28. The number of nitrogens with two attached hydrogens (primary N) is 1. The molecule has 0 radical (unpaired) electrons. The highest BCUT2D eigenvalue weighted by molar-refractivity contribution is 5.85. The van der Waals surface area contributed by atoms with Gasteiger partial charge >= 0.3 is 0 Å². The summed E-state index contributed by atoms with van der Waals surface area (Å²) in [7, 11) is 0. The Bertz CT molecular complexity index is 1920. The standard InChI is InChI=1S/C52H74N4O4/c1-3-19-46-21-37-22-48(26-46,31-49(23-37,27-46)44(58)56-42-18-20-54-25-43(42)57)39-12-14-40(15-13-39)51-29-47(35-60-4-2)28-50(32-51,38-8-6-5-7-9-38)33-52(30-47,34-51)45(59)55-41-16-10-36(24-53)11-17-41/h5-9,12-15,36-37,41-43,54,57H,3-4,10-11,16-35,53H2,1-2H3,(H,55,59)(H,56,58)/t36-,37?,41+,42-,43-,46-,47-,48-,49?,50+,51?,52?/m1/s1. The molecule has 0 spiro atoms. The molecule has 9 aliphatic carbocycles. The van der Waals surface area contributed by atoms with Gasteiger partial charge in [0.1, 0.15) is 0 Å². The van der Waals surface area contributed by atoms with Gasteiger partial charge < -0.3 is 31.5 Å². The molecule has 8 bridgehead atoms. The summed E-state index contributed by atoms with van der Waals surface area (Å²) in [5, 5.41) is 21.3. The van der Waals surface area contributed by atoms with Gasteiger partial charge in [-0.05, 0) is 191 Å². The minimum atomic E-state index is -0.539. The maximum absolute atomic E-state index is 15.2. The number of aliphatic hydroxyl groups excluding tert-OH is 1. The number of nitrogens with one attached hydrogen (secondary N) is 3. The van der Waals surface area contributed by atoms with Gasteiger partial charge in [-0.15, -0.1) is 0 Å². The predicted molar refractivity (Wildman–Crippen MR) is 236 cm³/mol. The summed E-state index contributed by atoms with van der Waals surface area (Å²) in [4.78, 5) is 29.8. The molecule has 8 nitrogen and oxygen atoms in total. The summed E-state index contributed by atoms with van der Waals surface area (Å²) in [6.45, 7) is 7.94. The number of β-amino-alcohol motifs (C(OH)–C–C–N with tert-alkyl or cyclic N) is 1. The fourth-order valence-electron chi connectivity index (χ4n) is 17.4. The molecule has 2 aromatic carbocycles. The zero-order valence-corrected chi connectivity index (χ0v) is 36.8. The SMILES string of the molecule is CCC[C@]12CC3CC(C(=O)N[C@@H]4CCNC[C@H]4O)(C1)C[C@@](c1ccc(C45CC6(C(=O)N[C@H]7CC[C@@H](CN)CC7)C[C@](COCC)(C4)C[C@@](c4ccccc4)(C6)C5)cc1)(C3)C2. The average molecular weight is 819 g/mol. The number of hydrogen-bond acceptors (Lipinski definition) is 6. The van der Waals surface area contributed by atoms with Crippen molar-refractivity contribution in [3.63, 3.8) is 0 Å². The van der Waals surface area contributed by atoms with Crippen molar-refractivity contribution in [2.24, 2.45) is 39.2 Å². The second-order valence-electron chi connectivity index (χ2n) is 22.9. The molecular formula is C52H74N4O4. The van der Waals surface area contributed by atoms with E-state index in [1.165, 1.54) is 42.4 Å². The highest BCUT2D eigenvalue weighted by Crippen LogP contribution is 2.75. The van der Waals surface area contributed by atoms with Gasteiger partial charge in [-0.2, -0.15) is 0 Å². The number of rotatable bonds is 13. The second-order valence-corrected chi connectivity index (χ2v) is 22.9. The van der Waals surface area contributed by atoms with Gasteiger partial charge in [-0.3, -0.25) is 9.59 Å². The van der Waals surface area contributed by atoms with Crippen LogP contribution in [-0.2, 0) is 30.6 Å². The van der Waals surface area contributed by atoms with E-state index in [4.69, 9.17) is 10.5 Å². The van der Waals surface area contributed by atoms with Gasteiger partial charge in [-0.1, -0.05) is 67.9 Å². The van der Waals surface area contributed by atoms with Crippen LogP contribution >= 0.6 is 0 Å². The van der Waals surface area contributed by atoms with Crippen LogP contribution in [0, 0.1) is 33.5 Å². The first-order valence-corrected chi connectivity index (χ1v) is 24.4. The van der Waals surface area contributed by atoms with E-state index in [-0.39, 0.29) is 56.4 Å². The number of amides is 2. The van der Waals surface area contributed by atoms with Crippen LogP contribution in [0.2, 0.25) is 0 Å². The van der Waals surface area contributed by atoms with E-state index in [1.807, 2.05) is 0 Å². The number of benzene rings is 2. The van der Waals surface area contributed by atoms with Crippen LogP contribution in [0.1, 0.15) is 153 Å². The van der Waals surface area contributed by atoms with Crippen molar-refractivity contribution in [1.29, 1.82) is 0 Å². The summed E-state index contributed by atoms with van der Waals surface area (Å²) in [6, 6.07) is 21.2. The summed E-state index contributed by atoms with van der Waals surface area (Å²) in [6.07, 6.45) is 19.2. The monoisotopic (exact) mass is 819 g/mol. The molecule has 12 rings (SSSR count). The minimum Gasteiger partial charge on any atom is -0.390 e. The van der Waals surface area contributed by atoms with Crippen molar-refractivity contribution in [2.45, 2.75) is 170 Å². The number of ether oxygens (including phenoxy) is 1. The van der Waals surface area contributed by atoms with Gasteiger partial charge in [0.15, 0.2) is 0 Å². The summed E-state index contributed by atoms with van der Waals surface area (Å²) >= 11 is 0. The molecule has 1 saturated heterocycles. The normalized spacial score (nSPS) is 43.8. The quantitative estimate of drug-likeness (QED) is 0.141. The molecule has 10 atom stereocenters. The van der Waals surface area contributed by atoms with Gasteiger partial charge in [0.25, 0.3) is 0 Å². The highest BCUT2D eigenvalue weighted by atomic mass is 16.5. The predicted octanol–water partition coefficient (Wildman–Crippen LogP) is 7.73. The van der Waals surface area contributed by atoms with E-state index in [0.29, 0.717) is 31.6 Å². The molecule has 8 heteroatoms.